The SMILES string of the molecule is Cc1ccc(N/C(=C\C(=N)C(C)(C)C)NC(=O)N[C@H]2CC[C@@H](Oc3ccc4nnc(N5CCC[C@@H](CO)C5)n4c3)c3ccccc32)cc1. The number of ether oxygens (including phenoxy) is 1. The highest BCUT2D eigenvalue weighted by Gasteiger charge is 2.30. The number of fused-ring (bicyclic) bond motifs is 2. The molecule has 252 valence electrons. The van der Waals surface area contributed by atoms with Gasteiger partial charge < -0.3 is 30.8 Å². The number of carbonyl (C=O) groups is 1. The predicted octanol–water partition coefficient (Wildman–Crippen LogP) is 6.52. The van der Waals surface area contributed by atoms with Crippen LogP contribution in [0.5, 0.6) is 5.75 Å². The number of piperidine rings is 1. The molecule has 0 saturated carbocycles. The van der Waals surface area contributed by atoms with Gasteiger partial charge in [-0.05, 0) is 73.9 Å². The Labute approximate surface area is 281 Å². The highest BCUT2D eigenvalue weighted by molar-refractivity contribution is 5.97. The molecule has 2 aromatic heterocycles. The summed E-state index contributed by atoms with van der Waals surface area (Å²) in [5.41, 5.74) is 4.75. The molecule has 11 nitrogen and oxygen atoms in total. The summed E-state index contributed by atoms with van der Waals surface area (Å²) in [5.74, 6) is 2.14. The van der Waals surface area contributed by atoms with Gasteiger partial charge in [0.05, 0.1) is 12.2 Å². The van der Waals surface area contributed by atoms with Gasteiger partial charge in [0.2, 0.25) is 5.95 Å². The number of urea groups is 1. The van der Waals surface area contributed by atoms with Crippen LogP contribution in [0.15, 0.2) is 78.8 Å². The maximum absolute atomic E-state index is 13.4. The summed E-state index contributed by atoms with van der Waals surface area (Å²) in [4.78, 5) is 15.6. The Morgan fingerprint density at radius 1 is 1.04 bits per heavy atom. The van der Waals surface area contributed by atoms with Crippen LogP contribution in [0, 0.1) is 23.7 Å². The third-order valence-corrected chi connectivity index (χ3v) is 9.11. The Morgan fingerprint density at radius 3 is 2.56 bits per heavy atom. The number of nitrogens with one attached hydrogen (secondary N) is 4. The van der Waals surface area contributed by atoms with E-state index in [-0.39, 0.29) is 36.1 Å². The summed E-state index contributed by atoms with van der Waals surface area (Å²) in [6, 6.07) is 19.2. The summed E-state index contributed by atoms with van der Waals surface area (Å²) < 4.78 is 8.57. The van der Waals surface area contributed by atoms with Crippen LogP contribution in [0.4, 0.5) is 16.4 Å². The number of rotatable bonds is 9. The number of amides is 2. The summed E-state index contributed by atoms with van der Waals surface area (Å²) in [5, 5.41) is 36.5. The van der Waals surface area contributed by atoms with E-state index < -0.39 is 0 Å². The zero-order valence-electron chi connectivity index (χ0n) is 28.2. The summed E-state index contributed by atoms with van der Waals surface area (Å²) in [6.45, 7) is 9.73. The molecule has 6 rings (SSSR count). The molecular weight excluding hydrogens is 604 g/mol. The number of pyridine rings is 1. The van der Waals surface area contributed by atoms with E-state index >= 15 is 0 Å². The molecule has 2 aromatic carbocycles. The first-order chi connectivity index (χ1) is 23.1. The summed E-state index contributed by atoms with van der Waals surface area (Å²) >= 11 is 0. The van der Waals surface area contributed by atoms with Gasteiger partial charge >= 0.3 is 6.03 Å². The molecule has 1 fully saturated rings. The fraction of sp³-hybridized carbons (Fsp3) is 0.405. The second-order valence-electron chi connectivity index (χ2n) is 13.9. The van der Waals surface area contributed by atoms with Crippen LogP contribution < -0.4 is 25.6 Å². The lowest BCUT2D eigenvalue weighted by molar-refractivity contribution is 0.171. The van der Waals surface area contributed by atoms with Crippen LogP contribution >= 0.6 is 0 Å². The number of benzene rings is 2. The molecule has 1 aliphatic carbocycles. The maximum Gasteiger partial charge on any atom is 0.320 e. The molecule has 2 aliphatic rings. The van der Waals surface area contributed by atoms with Crippen molar-refractivity contribution in [3.63, 3.8) is 0 Å². The van der Waals surface area contributed by atoms with Crippen molar-refractivity contribution < 1.29 is 14.6 Å². The zero-order chi connectivity index (χ0) is 33.8. The molecule has 0 radical (unpaired) electrons. The number of hydrogen-bond donors (Lipinski definition) is 5. The van der Waals surface area contributed by atoms with Crippen molar-refractivity contribution in [1.82, 2.24) is 25.2 Å². The van der Waals surface area contributed by atoms with Crippen LogP contribution in [-0.2, 0) is 0 Å². The lowest BCUT2D eigenvalue weighted by Gasteiger charge is -2.33. The number of nitrogens with zero attached hydrogens (tertiary/aromatic N) is 4. The fourth-order valence-corrected chi connectivity index (χ4v) is 6.30. The topological polar surface area (TPSA) is 140 Å². The fourth-order valence-electron chi connectivity index (χ4n) is 6.30. The van der Waals surface area contributed by atoms with E-state index in [0.717, 1.165) is 59.9 Å². The molecule has 5 N–H and O–H groups in total. The van der Waals surface area contributed by atoms with E-state index in [0.29, 0.717) is 30.1 Å². The van der Waals surface area contributed by atoms with Crippen LogP contribution in [0.3, 0.4) is 0 Å². The van der Waals surface area contributed by atoms with Crippen molar-refractivity contribution in [2.24, 2.45) is 11.3 Å². The molecule has 1 aliphatic heterocycles. The second-order valence-corrected chi connectivity index (χ2v) is 13.9. The van der Waals surface area contributed by atoms with Gasteiger partial charge in [0, 0.05) is 42.6 Å². The largest absolute Gasteiger partial charge is 0.484 e. The number of allylic oxidation sites excluding steroid dienone is 1. The molecule has 2 amide bonds. The Bertz CT molecular complexity index is 1790. The van der Waals surface area contributed by atoms with Crippen LogP contribution in [0.25, 0.3) is 5.65 Å². The normalized spacial score (nSPS) is 19.8. The van der Waals surface area contributed by atoms with Gasteiger partial charge in [-0.25, -0.2) is 4.79 Å². The van der Waals surface area contributed by atoms with Crippen molar-refractivity contribution in [2.45, 2.75) is 65.5 Å². The first-order valence-electron chi connectivity index (χ1n) is 16.8. The zero-order valence-corrected chi connectivity index (χ0v) is 28.2. The Hall–Kier alpha value is -4.90. The average molecular weight is 651 g/mol. The number of aromatic nitrogens is 3. The van der Waals surface area contributed by atoms with Crippen LogP contribution in [0.2, 0.25) is 0 Å². The number of carbonyl (C=O) groups excluding carboxylic acids is 1. The summed E-state index contributed by atoms with van der Waals surface area (Å²) in [7, 11) is 0. The number of aliphatic hydroxyl groups excluding tert-OH is 1. The average Bonchev–Trinajstić information content (AvgIpc) is 3.50. The van der Waals surface area contributed by atoms with Crippen LogP contribution in [-0.4, -0.2) is 51.1 Å². The molecule has 11 heteroatoms. The first kappa shape index (κ1) is 33.0. The monoisotopic (exact) mass is 650 g/mol. The standard InChI is InChI=1S/C37H46N8O3/c1-24-11-13-26(14-12-24)39-33(20-32(38)37(2,3)4)41-35(47)40-30-16-17-31(29-10-6-5-9-28(29)30)48-27-15-18-34-42-43-36(45(34)22-27)44-19-7-8-25(21-44)23-46/h5-6,9-15,18,20,22,25,30-31,38-39,46H,7-8,16-17,19,21,23H2,1-4H3,(H2,40,41,47)/b33-20+,38-32?/t25-,30+,31-/m1/s1. The second kappa shape index (κ2) is 14.1. The first-order valence-corrected chi connectivity index (χ1v) is 16.8. The molecule has 0 unspecified atom stereocenters. The maximum atomic E-state index is 13.4. The van der Waals surface area contributed by atoms with E-state index in [4.69, 9.17) is 10.1 Å². The summed E-state index contributed by atoms with van der Waals surface area (Å²) in [6.07, 6.45) is 6.83. The molecular formula is C37H46N8O3. The minimum Gasteiger partial charge on any atom is -0.484 e. The molecule has 3 atom stereocenters. The quantitative estimate of drug-likeness (QED) is 0.130. The minimum atomic E-state index is -0.382. The highest BCUT2D eigenvalue weighted by Crippen LogP contribution is 2.39. The van der Waals surface area contributed by atoms with Gasteiger partial charge in [-0.3, -0.25) is 9.72 Å². The van der Waals surface area contributed by atoms with E-state index in [2.05, 4.69) is 37.1 Å². The van der Waals surface area contributed by atoms with Gasteiger partial charge in [0.25, 0.3) is 0 Å². The third kappa shape index (κ3) is 7.62. The molecule has 1 saturated heterocycles. The van der Waals surface area contributed by atoms with Gasteiger partial charge in [0.15, 0.2) is 5.65 Å². The number of anilines is 2. The van der Waals surface area contributed by atoms with Crippen molar-refractivity contribution >= 4 is 29.0 Å². The van der Waals surface area contributed by atoms with Crippen LogP contribution in [0.1, 0.15) is 75.3 Å². The van der Waals surface area contributed by atoms with E-state index in [9.17, 15) is 9.90 Å². The molecule has 4 aromatic rings. The Morgan fingerprint density at radius 2 is 1.81 bits per heavy atom. The van der Waals surface area contributed by atoms with Gasteiger partial charge in [-0.15, -0.1) is 10.2 Å². The van der Waals surface area contributed by atoms with E-state index in [1.165, 1.54) is 0 Å². The smallest absolute Gasteiger partial charge is 0.320 e. The van der Waals surface area contributed by atoms with Crippen molar-refractivity contribution in [1.29, 1.82) is 5.41 Å². The highest BCUT2D eigenvalue weighted by atomic mass is 16.5. The van der Waals surface area contributed by atoms with Crippen molar-refractivity contribution in [2.75, 3.05) is 29.9 Å². The van der Waals surface area contributed by atoms with E-state index in [1.54, 1.807) is 6.08 Å². The van der Waals surface area contributed by atoms with Gasteiger partial charge in [-0.1, -0.05) is 62.7 Å². The minimum absolute atomic E-state index is 0.171. The third-order valence-electron chi connectivity index (χ3n) is 9.11. The molecule has 0 bridgehead atoms. The van der Waals surface area contributed by atoms with Gasteiger partial charge in [-0.2, -0.15) is 0 Å². The predicted molar refractivity (Wildman–Crippen MR) is 189 cm³/mol. The van der Waals surface area contributed by atoms with Crippen molar-refractivity contribution in [3.8, 4) is 5.75 Å². The number of aliphatic hydroxyl groups is 1. The number of aryl methyl sites for hydroxylation is 1. The molecule has 0 spiro atoms. The number of hydrogen-bond acceptors (Lipinski definition) is 8. The lowest BCUT2D eigenvalue weighted by atomic mass is 9.85. The molecule has 3 heterocycles. The Balaban J connectivity index is 1.16. The Kier molecular flexibility index (Phi) is 9.68. The lowest BCUT2D eigenvalue weighted by Crippen LogP contribution is -2.41. The van der Waals surface area contributed by atoms with Gasteiger partial charge in [0.1, 0.15) is 17.7 Å². The van der Waals surface area contributed by atoms with Crippen molar-refractivity contribution in [3.05, 3.63) is 95.4 Å². The molecule has 48 heavy (non-hydrogen) atoms. The van der Waals surface area contributed by atoms with E-state index in [1.807, 2.05) is 92.9 Å².